The van der Waals surface area contributed by atoms with Crippen LogP contribution in [0.2, 0.25) is 0 Å². The van der Waals surface area contributed by atoms with Crippen molar-refractivity contribution in [3.05, 3.63) is 105 Å². The molecule has 42 rings (SSSR count). The van der Waals surface area contributed by atoms with E-state index in [-0.39, 0.29) is 32.5 Å². The summed E-state index contributed by atoms with van der Waals surface area (Å²) < 4.78 is 0. The lowest BCUT2D eigenvalue weighted by molar-refractivity contribution is 0.384. The summed E-state index contributed by atoms with van der Waals surface area (Å²) in [6.45, 7) is 0. The second-order valence-electron chi connectivity index (χ2n) is 33.1. The molecule has 0 nitrogen and oxygen atoms in total. The summed E-state index contributed by atoms with van der Waals surface area (Å²) in [5.74, 6) is 0. The Morgan fingerprint density at radius 2 is 0.333 bits per heavy atom. The highest BCUT2D eigenvalue weighted by molar-refractivity contribution is 6.83. The third-order valence-corrected chi connectivity index (χ3v) is 34.0. The molecule has 9 aliphatic carbocycles. The van der Waals surface area contributed by atoms with Crippen LogP contribution in [0.4, 0.5) is 0 Å². The van der Waals surface area contributed by atoms with Crippen LogP contribution in [0.5, 0.6) is 0 Å². The lowest BCUT2D eigenvalue weighted by Gasteiger charge is -2.42. The van der Waals surface area contributed by atoms with Crippen LogP contribution in [0.15, 0.2) is 60.7 Å². The van der Waals surface area contributed by atoms with Crippen LogP contribution in [0, 0.1) is 0 Å². The van der Waals surface area contributed by atoms with Gasteiger partial charge in [0.1, 0.15) is 0 Å². The van der Waals surface area contributed by atoms with E-state index in [0.29, 0.717) is 0 Å². The van der Waals surface area contributed by atoms with Crippen molar-refractivity contribution < 1.29 is 0 Å². The molecular formula is C87H16. The molecule has 0 saturated heterocycles. The first-order valence-corrected chi connectivity index (χ1v) is 33.3. The molecule has 0 aliphatic heterocycles. The average Bonchev–Trinajstić information content (AvgIpc) is 1.32. The topological polar surface area (TPSA) is 0 Å². The van der Waals surface area contributed by atoms with Gasteiger partial charge in [0.15, 0.2) is 0 Å². The number of hydrogen-bond acceptors (Lipinski definition) is 0. The fourth-order valence-corrected chi connectivity index (χ4v) is 35.0. The third kappa shape index (κ3) is 1.62. The maximum atomic E-state index is 2.74. The molecule has 9 aliphatic rings. The first-order valence-electron chi connectivity index (χ1n) is 33.3. The summed E-state index contributed by atoms with van der Waals surface area (Å²) in [4.78, 5) is 0. The molecular weight excluding hydrogens is 1040 g/mol. The van der Waals surface area contributed by atoms with Crippen molar-refractivity contribution in [2.45, 2.75) is 51.8 Å². The summed E-state index contributed by atoms with van der Waals surface area (Å²) >= 11 is 0. The zero-order chi connectivity index (χ0) is 51.5. The quantitative estimate of drug-likeness (QED) is 0.120. The summed E-state index contributed by atoms with van der Waals surface area (Å²) in [5.41, 5.74) is 13.4. The fourth-order valence-electron chi connectivity index (χ4n) is 35.0. The molecule has 33 aromatic rings. The van der Waals surface area contributed by atoms with E-state index >= 15 is 0 Å². The Morgan fingerprint density at radius 1 is 0.161 bits per heavy atom. The van der Waals surface area contributed by atoms with Gasteiger partial charge in [-0.2, -0.15) is 0 Å². The van der Waals surface area contributed by atoms with Gasteiger partial charge in [-0.15, -0.1) is 0 Å². The van der Waals surface area contributed by atoms with Crippen molar-refractivity contribution in [2.75, 3.05) is 0 Å². The molecule has 0 amide bonds. The molecule has 6 atom stereocenters. The van der Waals surface area contributed by atoms with E-state index < -0.39 is 0 Å². The molecule has 87 heavy (non-hydrogen) atoms. The highest BCUT2D eigenvalue weighted by atomic mass is 15.1. The van der Waals surface area contributed by atoms with Gasteiger partial charge in [0.2, 0.25) is 0 Å². The van der Waals surface area contributed by atoms with Crippen molar-refractivity contribution in [2.24, 2.45) is 0 Å². The Labute approximate surface area is 477 Å². The van der Waals surface area contributed by atoms with E-state index in [1.54, 1.807) is 334 Å². The van der Waals surface area contributed by atoms with Crippen LogP contribution in [0.1, 0.15) is 63.8 Å². The van der Waals surface area contributed by atoms with Crippen molar-refractivity contribution >= 4 is 323 Å². The zero-order valence-electron chi connectivity index (χ0n) is 44.9. The van der Waals surface area contributed by atoms with Crippen LogP contribution in [0.25, 0.3) is 323 Å². The number of benzene rings is 24. The maximum absolute atomic E-state index is 2.74. The minimum Gasteiger partial charge on any atom is -0.0622 e. The van der Waals surface area contributed by atoms with Gasteiger partial charge in [-0.05, 0) is 381 Å². The third-order valence-electron chi connectivity index (χ3n) is 34.0. The van der Waals surface area contributed by atoms with Crippen LogP contribution in [-0.2, 0) is 32.5 Å². The van der Waals surface area contributed by atoms with Gasteiger partial charge in [-0.1, -0.05) is 67.1 Å². The molecule has 0 heterocycles. The zero-order valence-corrected chi connectivity index (χ0v) is 44.9. The largest absolute Gasteiger partial charge is 0.0622 e. The summed E-state index contributed by atoms with van der Waals surface area (Å²) in [5, 5.41) is 102. The predicted octanol–water partition coefficient (Wildman–Crippen LogP) is 22.2. The second-order valence-corrected chi connectivity index (χ2v) is 33.1. The van der Waals surface area contributed by atoms with Gasteiger partial charge in [0.25, 0.3) is 0 Å². The number of rotatable bonds is 2. The molecule has 0 aromatic heterocycles. The van der Waals surface area contributed by atoms with Crippen LogP contribution < -0.4 is 0 Å². The first kappa shape index (κ1) is 32.4. The van der Waals surface area contributed by atoms with E-state index in [9.17, 15) is 0 Å². The Morgan fingerprint density at radius 3 is 0.552 bits per heavy atom. The van der Waals surface area contributed by atoms with E-state index in [1.165, 1.54) is 19.3 Å². The molecule has 0 heteroatoms. The molecule has 3 saturated carbocycles. The van der Waals surface area contributed by atoms with Crippen molar-refractivity contribution in [1.82, 2.24) is 0 Å². The normalized spacial score (nSPS) is 29.1. The Kier molecular flexibility index (Phi) is 2.68. The molecule has 6 unspecified atom stereocenters. The molecule has 0 radical (unpaired) electrons. The first-order chi connectivity index (χ1) is 43.4. The van der Waals surface area contributed by atoms with Gasteiger partial charge >= 0.3 is 0 Å². The molecule has 364 valence electrons. The monoisotopic (exact) mass is 1060 g/mol. The fraction of sp³-hybridized carbons (Fsp3) is 0.103. The summed E-state index contributed by atoms with van der Waals surface area (Å²) in [7, 11) is 0. The SMILES string of the molecule is c1ccc(C23CCCC4(c5ccccc5)C56c7c8c9c%10c%11c%12c%13c%14c%15c(c%16c%17c5c5c7c7c9c9c%18c%10c%10c%12c%12c%13c%13c%15c%15c%16c%16c%19c%17c%17c5c5c7c9c7c9c%18c%10c%10c%12c%12c%13c%13c%15c%16c%15c%16c%19c%17c%17c5c7c5c%17c%16c7c%15c%13c%12c%12c%10c9c5c%127)C46C%142C8%113)cc1. The summed E-state index contributed by atoms with van der Waals surface area (Å²) in [6.07, 6.45) is 3.73. The standard InChI is InChI=1S/C87H16/c1-3-8-14(9-4-1)82-12-7-13-83(15-10-5-2-6-11-15)85-77-68-61-54-43-34-25-19-16-17-20-24-21-18(16)22(25)31-32-30(21)37-33(24)42-38-28(20)29-23(17)27-26(19)35-41(34)55(61)63-57-44(35)36(27)45-40(29)50-47(38)58-53(42)59-48(37)51-46(32)52-49(39(31)43)60(54)70(77)74-65(52)64(51)73-69(59)76-67(58)71-62(50)56(45)66(57)75-78(71)86(82,84(76,82)80(73)81(74)85)87(83,85)79(75)72(63)68/h1-6,8-11H,7,12-13H2. The van der Waals surface area contributed by atoms with Crippen molar-refractivity contribution in [3.8, 4) is 0 Å². The Hall–Kier alpha value is -10.1. The van der Waals surface area contributed by atoms with Gasteiger partial charge in [-0.3, -0.25) is 0 Å². The average molecular weight is 1060 g/mol. The lowest BCUT2D eigenvalue weighted by Crippen LogP contribution is -2.44. The summed E-state index contributed by atoms with van der Waals surface area (Å²) in [6, 6.07) is 25.7. The Balaban J connectivity index is 1.07. The highest BCUT2D eigenvalue weighted by Crippen LogP contribution is 3.11. The van der Waals surface area contributed by atoms with Crippen LogP contribution in [-0.4, -0.2) is 0 Å². The molecule has 4 spiro atoms. The van der Waals surface area contributed by atoms with Crippen LogP contribution in [0.3, 0.4) is 0 Å². The molecule has 3 fully saturated rings. The van der Waals surface area contributed by atoms with Crippen molar-refractivity contribution in [1.29, 1.82) is 0 Å². The minimum absolute atomic E-state index is 0.150. The predicted molar refractivity (Wildman–Crippen MR) is 362 cm³/mol. The van der Waals surface area contributed by atoms with Gasteiger partial charge in [0.05, 0.1) is 0 Å². The molecule has 33 aromatic carbocycles. The second kappa shape index (κ2) is 7.21. The van der Waals surface area contributed by atoms with Gasteiger partial charge in [-0.25, -0.2) is 0 Å². The van der Waals surface area contributed by atoms with Gasteiger partial charge in [0, 0.05) is 32.5 Å². The molecule has 0 bridgehead atoms. The van der Waals surface area contributed by atoms with E-state index in [2.05, 4.69) is 60.7 Å². The molecule has 0 N–H and O–H groups in total. The number of hydrogen-bond donors (Lipinski definition) is 0. The van der Waals surface area contributed by atoms with Gasteiger partial charge < -0.3 is 0 Å². The maximum Gasteiger partial charge on any atom is 0.0446 e. The van der Waals surface area contributed by atoms with Crippen LogP contribution >= 0.6 is 0 Å². The lowest BCUT2D eigenvalue weighted by atomic mass is 9.57. The smallest absolute Gasteiger partial charge is 0.0446 e. The van der Waals surface area contributed by atoms with E-state index in [4.69, 9.17) is 0 Å². The Bertz CT molecular complexity index is 9490. The minimum atomic E-state index is -0.248. The van der Waals surface area contributed by atoms with Crippen molar-refractivity contribution in [3.63, 3.8) is 0 Å². The van der Waals surface area contributed by atoms with E-state index in [1.807, 2.05) is 33.4 Å². The highest BCUT2D eigenvalue weighted by Gasteiger charge is 3.12. The van der Waals surface area contributed by atoms with E-state index in [0.717, 1.165) is 0 Å².